The Morgan fingerprint density at radius 1 is 0.556 bits per heavy atom. The highest BCUT2D eigenvalue weighted by atomic mass is 15.0. The number of rotatable bonds is 10. The molecule has 63 heavy (non-hydrogen) atoms. The van der Waals surface area contributed by atoms with Gasteiger partial charge in [0.25, 0.3) is 0 Å². The number of allylic oxidation sites excluding steroid dienone is 4. The third-order valence-electron chi connectivity index (χ3n) is 13.4. The fraction of sp³-hybridized carbons (Fsp3) is 0.183. The minimum atomic E-state index is 0.00916. The van der Waals surface area contributed by atoms with E-state index in [0.717, 1.165) is 54.6 Å². The van der Waals surface area contributed by atoms with Gasteiger partial charge in [-0.25, -0.2) is 15.0 Å². The van der Waals surface area contributed by atoms with Gasteiger partial charge in [0.15, 0.2) is 11.6 Å². The molecule has 7 aromatic carbocycles. The summed E-state index contributed by atoms with van der Waals surface area (Å²) in [4.78, 5) is 16.1. The average molecular weight is 816 g/mol. The lowest BCUT2D eigenvalue weighted by atomic mass is 9.80. The molecule has 3 heteroatoms. The van der Waals surface area contributed by atoms with Gasteiger partial charge in [0.1, 0.15) is 5.82 Å². The van der Waals surface area contributed by atoms with Gasteiger partial charge in [-0.3, -0.25) is 0 Å². The summed E-state index contributed by atoms with van der Waals surface area (Å²) in [5, 5.41) is 0. The molecule has 0 bridgehead atoms. The van der Waals surface area contributed by atoms with Crippen LogP contribution in [0, 0.1) is 6.92 Å². The van der Waals surface area contributed by atoms with Crippen LogP contribution in [-0.2, 0) is 12.8 Å². The second kappa shape index (κ2) is 17.8. The van der Waals surface area contributed by atoms with Crippen LogP contribution in [0.5, 0.6) is 0 Å². The highest BCUT2D eigenvalue weighted by molar-refractivity contribution is 5.82. The highest BCUT2D eigenvalue weighted by Crippen LogP contribution is 2.48. The van der Waals surface area contributed by atoms with Crippen molar-refractivity contribution >= 4 is 5.57 Å². The van der Waals surface area contributed by atoms with Crippen molar-refractivity contribution < 1.29 is 0 Å². The van der Waals surface area contributed by atoms with Gasteiger partial charge in [-0.2, -0.15) is 0 Å². The Labute approximate surface area is 373 Å². The molecular weight excluding hydrogens is 763 g/mol. The average Bonchev–Trinajstić information content (AvgIpc) is 3.47. The predicted molar refractivity (Wildman–Crippen MR) is 263 cm³/mol. The van der Waals surface area contributed by atoms with E-state index in [2.05, 4.69) is 209 Å². The molecule has 0 aliphatic heterocycles. The number of fused-ring (bicyclic) bond motifs is 3. The van der Waals surface area contributed by atoms with Crippen LogP contribution in [0.15, 0.2) is 188 Å². The first-order valence-corrected chi connectivity index (χ1v) is 22.8. The number of aryl methyl sites for hydroxylation is 1. The second-order valence-corrected chi connectivity index (χ2v) is 17.4. The van der Waals surface area contributed by atoms with Crippen molar-refractivity contribution in [3.63, 3.8) is 0 Å². The van der Waals surface area contributed by atoms with Crippen LogP contribution >= 0.6 is 0 Å². The van der Waals surface area contributed by atoms with Gasteiger partial charge in [0.2, 0.25) is 0 Å². The van der Waals surface area contributed by atoms with Crippen LogP contribution in [0.3, 0.4) is 0 Å². The molecule has 0 spiro atoms. The van der Waals surface area contributed by atoms with Gasteiger partial charge < -0.3 is 0 Å². The first-order valence-electron chi connectivity index (χ1n) is 22.8. The van der Waals surface area contributed by atoms with Crippen molar-refractivity contribution in [2.45, 2.75) is 70.6 Å². The molecule has 0 saturated heterocycles. The standard InChI is InChI=1S/C60H53N3/c1-4-43(36-42-19-8-5-9-20-42)51-28-16-17-30-53(51)54-39-57-52-29-15-14-25-49(52)38-56(41(3)55(57)35-40(54)2)60-62-58(47-33-31-46(32-34-47)44-21-10-6-11-22-44)61-59(63-60)50-27-18-26-48(37-50)45-23-12-7-13-24-45/h5,7-10,12-35,37,39,41,43,56H,4,6,11,36,38H2,1-3H3. The van der Waals surface area contributed by atoms with E-state index in [9.17, 15) is 0 Å². The zero-order valence-electron chi connectivity index (χ0n) is 36.5. The van der Waals surface area contributed by atoms with Crippen LogP contribution in [0.4, 0.5) is 0 Å². The Kier molecular flexibility index (Phi) is 11.3. The molecule has 0 N–H and O–H groups in total. The Bertz CT molecular complexity index is 2960. The Morgan fingerprint density at radius 3 is 1.98 bits per heavy atom. The van der Waals surface area contributed by atoms with Crippen molar-refractivity contribution in [2.75, 3.05) is 0 Å². The van der Waals surface area contributed by atoms with Gasteiger partial charge in [0.05, 0.1) is 0 Å². The monoisotopic (exact) mass is 815 g/mol. The molecule has 3 nitrogen and oxygen atoms in total. The van der Waals surface area contributed by atoms with Gasteiger partial charge >= 0.3 is 0 Å². The summed E-state index contributed by atoms with van der Waals surface area (Å²) in [7, 11) is 0. The summed E-state index contributed by atoms with van der Waals surface area (Å²) in [5.41, 5.74) is 18.7. The van der Waals surface area contributed by atoms with Gasteiger partial charge in [0, 0.05) is 17.0 Å². The van der Waals surface area contributed by atoms with Crippen molar-refractivity contribution in [1.29, 1.82) is 0 Å². The number of hydrogen-bond acceptors (Lipinski definition) is 3. The van der Waals surface area contributed by atoms with E-state index in [1.807, 2.05) is 0 Å². The minimum Gasteiger partial charge on any atom is -0.213 e. The summed E-state index contributed by atoms with van der Waals surface area (Å²) < 4.78 is 0. The molecule has 0 fully saturated rings. The first-order chi connectivity index (χ1) is 31.0. The van der Waals surface area contributed by atoms with Crippen LogP contribution in [0.1, 0.15) is 90.1 Å². The molecule has 3 atom stereocenters. The molecule has 1 aromatic heterocycles. The van der Waals surface area contributed by atoms with Crippen molar-refractivity contribution in [3.8, 4) is 56.2 Å². The maximum Gasteiger partial charge on any atom is 0.163 e. The molecule has 3 unspecified atom stereocenters. The summed E-state index contributed by atoms with van der Waals surface area (Å²) in [6, 6.07) is 62.0. The minimum absolute atomic E-state index is 0.00916. The lowest BCUT2D eigenvalue weighted by Crippen LogP contribution is -2.16. The van der Waals surface area contributed by atoms with E-state index in [1.165, 1.54) is 66.8 Å². The second-order valence-electron chi connectivity index (χ2n) is 17.4. The molecule has 2 aliphatic rings. The van der Waals surface area contributed by atoms with E-state index in [-0.39, 0.29) is 11.8 Å². The fourth-order valence-corrected chi connectivity index (χ4v) is 9.93. The van der Waals surface area contributed by atoms with Crippen LogP contribution in [0.25, 0.3) is 61.7 Å². The van der Waals surface area contributed by atoms with E-state index in [0.29, 0.717) is 17.6 Å². The topological polar surface area (TPSA) is 38.7 Å². The Hall–Kier alpha value is -6.97. The van der Waals surface area contributed by atoms with Crippen LogP contribution < -0.4 is 0 Å². The normalized spacial score (nSPS) is 16.1. The van der Waals surface area contributed by atoms with Gasteiger partial charge in [-0.1, -0.05) is 190 Å². The van der Waals surface area contributed by atoms with Gasteiger partial charge in [-0.05, 0) is 135 Å². The Morgan fingerprint density at radius 2 is 1.22 bits per heavy atom. The molecule has 10 rings (SSSR count). The van der Waals surface area contributed by atoms with E-state index < -0.39 is 0 Å². The SMILES string of the molecule is CCC(Cc1ccccc1)c1ccccc1-c1cc2c(cc1C)C(C)C(c1nc(-c3ccc(C4=CCCC=C4)cc3)nc(-c3cccc(-c4ccccc4)c3)n1)Cc1ccccc1-2. The van der Waals surface area contributed by atoms with Crippen LogP contribution in [0.2, 0.25) is 0 Å². The predicted octanol–water partition coefficient (Wildman–Crippen LogP) is 15.4. The van der Waals surface area contributed by atoms with Crippen molar-refractivity contribution in [1.82, 2.24) is 15.0 Å². The summed E-state index contributed by atoms with van der Waals surface area (Å²) in [6.45, 7) is 7.01. The van der Waals surface area contributed by atoms with Crippen LogP contribution in [-0.4, -0.2) is 15.0 Å². The molecule has 308 valence electrons. The van der Waals surface area contributed by atoms with Crippen molar-refractivity contribution in [3.05, 3.63) is 227 Å². The lowest BCUT2D eigenvalue weighted by molar-refractivity contribution is 0.547. The summed E-state index contributed by atoms with van der Waals surface area (Å²) >= 11 is 0. The Balaban J connectivity index is 1.09. The molecule has 0 amide bonds. The number of benzene rings is 7. The van der Waals surface area contributed by atoms with E-state index >= 15 is 0 Å². The highest BCUT2D eigenvalue weighted by Gasteiger charge is 2.32. The number of hydrogen-bond donors (Lipinski definition) is 0. The summed E-state index contributed by atoms with van der Waals surface area (Å²) in [6.07, 6.45) is 11.9. The third kappa shape index (κ3) is 8.24. The first kappa shape index (κ1) is 40.1. The molecule has 0 radical (unpaired) electrons. The van der Waals surface area contributed by atoms with E-state index in [4.69, 9.17) is 15.0 Å². The lowest BCUT2D eigenvalue weighted by Gasteiger charge is -2.25. The van der Waals surface area contributed by atoms with E-state index in [1.54, 1.807) is 0 Å². The van der Waals surface area contributed by atoms with Gasteiger partial charge in [-0.15, -0.1) is 0 Å². The quantitative estimate of drug-likeness (QED) is 0.138. The number of nitrogens with zero attached hydrogens (tertiary/aromatic N) is 3. The smallest absolute Gasteiger partial charge is 0.163 e. The molecule has 0 saturated carbocycles. The van der Waals surface area contributed by atoms with Crippen molar-refractivity contribution in [2.24, 2.45) is 0 Å². The molecule has 2 aliphatic carbocycles. The molecule has 8 aromatic rings. The molecule has 1 heterocycles. The fourth-order valence-electron chi connectivity index (χ4n) is 9.93. The number of aromatic nitrogens is 3. The third-order valence-corrected chi connectivity index (χ3v) is 13.4. The largest absolute Gasteiger partial charge is 0.213 e. The molecular formula is C60H53N3. The maximum absolute atomic E-state index is 5.44. The zero-order valence-corrected chi connectivity index (χ0v) is 36.5. The maximum atomic E-state index is 5.44. The zero-order chi connectivity index (χ0) is 42.7. The summed E-state index contributed by atoms with van der Waals surface area (Å²) in [5.74, 6) is 2.78.